The highest BCUT2D eigenvalue weighted by Gasteiger charge is 2.12. The number of benzene rings is 2. The van der Waals surface area contributed by atoms with Crippen LogP contribution < -0.4 is 14.8 Å². The zero-order valence-electron chi connectivity index (χ0n) is 13.2. The van der Waals surface area contributed by atoms with E-state index in [9.17, 15) is 4.79 Å². The van der Waals surface area contributed by atoms with Crippen LogP contribution in [-0.4, -0.2) is 24.8 Å². The monoisotopic (exact) mass is 413 g/mol. The molecule has 2 aromatic rings. The highest BCUT2D eigenvalue weighted by Crippen LogP contribution is 2.36. The van der Waals surface area contributed by atoms with Crippen molar-refractivity contribution in [2.24, 2.45) is 0 Å². The first-order chi connectivity index (χ1) is 11.5. The molecule has 0 spiro atoms. The average molecular weight is 415 g/mol. The normalized spacial score (nSPS) is 10.3. The third-order valence-electron chi connectivity index (χ3n) is 3.27. The van der Waals surface area contributed by atoms with Crippen LogP contribution in [0, 0.1) is 0 Å². The molecule has 0 aromatic heterocycles. The van der Waals surface area contributed by atoms with E-state index in [0.29, 0.717) is 24.7 Å². The molecule has 0 unspecified atom stereocenters. The number of ether oxygens (including phenoxy) is 2. The molecule has 0 saturated carbocycles. The summed E-state index contributed by atoms with van der Waals surface area (Å²) in [6.45, 7) is 2.97. The van der Waals surface area contributed by atoms with Gasteiger partial charge in [-0.3, -0.25) is 0 Å². The fraction of sp³-hybridized carbons (Fsp3) is 0.235. The molecule has 7 heteroatoms. The second kappa shape index (κ2) is 8.26. The first-order valence-corrected chi connectivity index (χ1v) is 8.39. The molecule has 0 aliphatic rings. The molecule has 0 radical (unpaired) electrons. The molecule has 0 atom stereocenters. The molecule has 128 valence electrons. The van der Waals surface area contributed by atoms with E-state index in [1.54, 1.807) is 19.2 Å². The SMILES string of the molecule is CCOc1c(Br)cc(CNc2ccc(C(=O)O)c(Cl)c2)cc1OC. The molecule has 2 rings (SSSR count). The Hall–Kier alpha value is -1.92. The quantitative estimate of drug-likeness (QED) is 0.680. The lowest BCUT2D eigenvalue weighted by atomic mass is 10.1. The summed E-state index contributed by atoms with van der Waals surface area (Å²) in [6.07, 6.45) is 0. The summed E-state index contributed by atoms with van der Waals surface area (Å²) >= 11 is 9.45. The van der Waals surface area contributed by atoms with E-state index in [1.165, 1.54) is 6.07 Å². The van der Waals surface area contributed by atoms with Crippen molar-refractivity contribution >= 4 is 39.2 Å². The zero-order chi connectivity index (χ0) is 17.7. The number of carboxylic acid groups (broad SMARTS) is 1. The molecule has 24 heavy (non-hydrogen) atoms. The summed E-state index contributed by atoms with van der Waals surface area (Å²) in [5.74, 6) is 0.256. The van der Waals surface area contributed by atoms with Crippen LogP contribution in [0.2, 0.25) is 5.02 Å². The van der Waals surface area contributed by atoms with Crippen LogP contribution in [-0.2, 0) is 6.54 Å². The van der Waals surface area contributed by atoms with Crippen molar-refractivity contribution in [2.75, 3.05) is 19.0 Å². The minimum Gasteiger partial charge on any atom is -0.493 e. The van der Waals surface area contributed by atoms with E-state index in [4.69, 9.17) is 26.2 Å². The molecule has 0 amide bonds. The number of aromatic carboxylic acids is 1. The first kappa shape index (κ1) is 18.4. The Bertz CT molecular complexity index is 752. The second-order valence-corrected chi connectivity index (χ2v) is 6.16. The minimum atomic E-state index is -1.05. The molecular weight excluding hydrogens is 398 g/mol. The number of methoxy groups -OCH3 is 1. The van der Waals surface area contributed by atoms with Crippen LogP contribution in [0.25, 0.3) is 0 Å². The average Bonchev–Trinajstić information content (AvgIpc) is 2.54. The van der Waals surface area contributed by atoms with Gasteiger partial charge in [0.05, 0.1) is 28.8 Å². The highest BCUT2D eigenvalue weighted by atomic mass is 79.9. The van der Waals surface area contributed by atoms with Gasteiger partial charge in [-0.2, -0.15) is 0 Å². The van der Waals surface area contributed by atoms with Gasteiger partial charge in [-0.1, -0.05) is 11.6 Å². The Morgan fingerprint density at radius 2 is 2.08 bits per heavy atom. The largest absolute Gasteiger partial charge is 0.493 e. The van der Waals surface area contributed by atoms with Gasteiger partial charge in [0.25, 0.3) is 0 Å². The Kier molecular flexibility index (Phi) is 6.34. The predicted octanol–water partition coefficient (Wildman–Crippen LogP) is 4.82. The van der Waals surface area contributed by atoms with E-state index < -0.39 is 5.97 Å². The van der Waals surface area contributed by atoms with Gasteiger partial charge in [-0.15, -0.1) is 0 Å². The maximum Gasteiger partial charge on any atom is 0.337 e. The fourth-order valence-corrected chi connectivity index (χ4v) is 3.03. The number of nitrogens with one attached hydrogen (secondary N) is 1. The maximum absolute atomic E-state index is 11.0. The Labute approximate surface area is 153 Å². The van der Waals surface area contributed by atoms with Gasteiger partial charge in [-0.25, -0.2) is 4.79 Å². The van der Waals surface area contributed by atoms with Gasteiger partial charge in [0.1, 0.15) is 0 Å². The summed E-state index contributed by atoms with van der Waals surface area (Å²) in [6, 6.07) is 8.56. The molecule has 2 aromatic carbocycles. The van der Waals surface area contributed by atoms with E-state index in [1.807, 2.05) is 19.1 Å². The van der Waals surface area contributed by atoms with E-state index in [0.717, 1.165) is 15.7 Å². The van der Waals surface area contributed by atoms with Gasteiger partial charge < -0.3 is 19.9 Å². The second-order valence-electron chi connectivity index (χ2n) is 4.90. The van der Waals surface area contributed by atoms with Crippen molar-refractivity contribution in [3.05, 3.63) is 51.0 Å². The number of carboxylic acids is 1. The zero-order valence-corrected chi connectivity index (χ0v) is 15.6. The number of hydrogen-bond donors (Lipinski definition) is 2. The summed E-state index contributed by atoms with van der Waals surface area (Å²) in [5.41, 5.74) is 1.78. The van der Waals surface area contributed by atoms with Gasteiger partial charge in [0.2, 0.25) is 0 Å². The summed E-state index contributed by atoms with van der Waals surface area (Å²) in [7, 11) is 1.59. The molecule has 0 saturated heterocycles. The van der Waals surface area contributed by atoms with Crippen molar-refractivity contribution < 1.29 is 19.4 Å². The van der Waals surface area contributed by atoms with Crippen molar-refractivity contribution in [3.8, 4) is 11.5 Å². The van der Waals surface area contributed by atoms with Crippen molar-refractivity contribution in [3.63, 3.8) is 0 Å². The highest BCUT2D eigenvalue weighted by molar-refractivity contribution is 9.10. The lowest BCUT2D eigenvalue weighted by Crippen LogP contribution is -2.03. The Morgan fingerprint density at radius 1 is 1.33 bits per heavy atom. The number of hydrogen-bond acceptors (Lipinski definition) is 4. The summed E-state index contributed by atoms with van der Waals surface area (Å²) < 4.78 is 11.7. The van der Waals surface area contributed by atoms with E-state index in [-0.39, 0.29) is 10.6 Å². The number of carbonyl (C=O) groups is 1. The van der Waals surface area contributed by atoms with Crippen molar-refractivity contribution in [2.45, 2.75) is 13.5 Å². The standard InChI is InChI=1S/C17H17BrClNO4/c1-3-24-16-13(18)6-10(7-15(16)23-2)9-20-11-4-5-12(17(21)22)14(19)8-11/h4-8,20H,3,9H2,1-2H3,(H,21,22). The number of rotatable bonds is 7. The molecule has 0 heterocycles. The molecule has 0 bridgehead atoms. The molecular formula is C17H17BrClNO4. The van der Waals surface area contributed by atoms with E-state index in [2.05, 4.69) is 21.2 Å². The number of anilines is 1. The summed E-state index contributed by atoms with van der Waals surface area (Å²) in [4.78, 5) is 11.0. The van der Waals surface area contributed by atoms with Crippen molar-refractivity contribution in [1.82, 2.24) is 0 Å². The van der Waals surface area contributed by atoms with Gasteiger partial charge >= 0.3 is 5.97 Å². The van der Waals surface area contributed by atoms with Gasteiger partial charge in [0, 0.05) is 12.2 Å². The van der Waals surface area contributed by atoms with Gasteiger partial charge in [-0.05, 0) is 58.7 Å². The smallest absolute Gasteiger partial charge is 0.337 e. The topological polar surface area (TPSA) is 67.8 Å². The van der Waals surface area contributed by atoms with E-state index >= 15 is 0 Å². The Morgan fingerprint density at radius 3 is 2.67 bits per heavy atom. The van der Waals surface area contributed by atoms with Crippen LogP contribution >= 0.6 is 27.5 Å². The molecule has 5 nitrogen and oxygen atoms in total. The van der Waals surface area contributed by atoms with Crippen LogP contribution in [0.15, 0.2) is 34.8 Å². The predicted molar refractivity (Wildman–Crippen MR) is 97.6 cm³/mol. The molecule has 0 fully saturated rings. The third kappa shape index (κ3) is 4.33. The first-order valence-electron chi connectivity index (χ1n) is 7.22. The lowest BCUT2D eigenvalue weighted by Gasteiger charge is -2.14. The summed E-state index contributed by atoms with van der Waals surface area (Å²) in [5, 5.41) is 12.4. The number of halogens is 2. The van der Waals surface area contributed by atoms with Crippen LogP contribution in [0.1, 0.15) is 22.8 Å². The molecule has 0 aliphatic carbocycles. The fourth-order valence-electron chi connectivity index (χ4n) is 2.16. The van der Waals surface area contributed by atoms with Gasteiger partial charge in [0.15, 0.2) is 11.5 Å². The molecule has 2 N–H and O–H groups in total. The van der Waals surface area contributed by atoms with Crippen LogP contribution in [0.5, 0.6) is 11.5 Å². The maximum atomic E-state index is 11.0. The lowest BCUT2D eigenvalue weighted by molar-refractivity contribution is 0.0697. The van der Waals surface area contributed by atoms with Crippen molar-refractivity contribution in [1.29, 1.82) is 0 Å². The Balaban J connectivity index is 2.16. The molecule has 0 aliphatic heterocycles. The van der Waals surface area contributed by atoms with Crippen LogP contribution in [0.4, 0.5) is 5.69 Å². The minimum absolute atomic E-state index is 0.0766. The van der Waals surface area contributed by atoms with Crippen LogP contribution in [0.3, 0.4) is 0 Å². The third-order valence-corrected chi connectivity index (χ3v) is 4.18.